The van der Waals surface area contributed by atoms with Gasteiger partial charge in [0.05, 0.1) is 13.2 Å². The summed E-state index contributed by atoms with van der Waals surface area (Å²) >= 11 is 0. The molecule has 0 aliphatic heterocycles. The van der Waals surface area contributed by atoms with Crippen LogP contribution in [0.4, 0.5) is 4.39 Å². The Hall–Kier alpha value is -1.94. The van der Waals surface area contributed by atoms with Crippen LogP contribution in [-0.2, 0) is 12.8 Å². The van der Waals surface area contributed by atoms with Gasteiger partial charge in [0, 0.05) is 18.3 Å². The van der Waals surface area contributed by atoms with Gasteiger partial charge in [0.1, 0.15) is 0 Å². The van der Waals surface area contributed by atoms with Crippen LogP contribution in [0.5, 0.6) is 5.75 Å². The zero-order valence-corrected chi connectivity index (χ0v) is 11.4. The fourth-order valence-electron chi connectivity index (χ4n) is 2.09. The summed E-state index contributed by atoms with van der Waals surface area (Å²) in [5, 5.41) is 10.0. The molecule has 1 unspecified atom stereocenters. The van der Waals surface area contributed by atoms with Crippen LogP contribution in [0.3, 0.4) is 0 Å². The second-order valence-corrected chi connectivity index (χ2v) is 4.65. The van der Waals surface area contributed by atoms with Crippen LogP contribution >= 0.6 is 0 Å². The standard InChI is InChI=1S/C16H18FNO2/c1-20-15-7-4-5-12(16(15)17)11-14(19)9-8-13-6-2-3-10-18-13/h2-7,10,14,19H,8-9,11H2,1H3. The highest BCUT2D eigenvalue weighted by Gasteiger charge is 2.13. The van der Waals surface area contributed by atoms with E-state index in [0.29, 0.717) is 18.4 Å². The highest BCUT2D eigenvalue weighted by Crippen LogP contribution is 2.21. The fourth-order valence-corrected chi connectivity index (χ4v) is 2.09. The lowest BCUT2D eigenvalue weighted by Crippen LogP contribution is -2.13. The van der Waals surface area contributed by atoms with Gasteiger partial charge in [-0.2, -0.15) is 0 Å². The molecular weight excluding hydrogens is 257 g/mol. The first kappa shape index (κ1) is 14.5. The third-order valence-electron chi connectivity index (χ3n) is 3.18. The molecule has 1 atom stereocenters. The quantitative estimate of drug-likeness (QED) is 0.881. The molecule has 0 radical (unpaired) electrons. The van der Waals surface area contributed by atoms with Gasteiger partial charge in [-0.1, -0.05) is 18.2 Å². The minimum absolute atomic E-state index is 0.208. The highest BCUT2D eigenvalue weighted by molar-refractivity contribution is 5.31. The molecule has 0 saturated heterocycles. The summed E-state index contributed by atoms with van der Waals surface area (Å²) in [6, 6.07) is 10.6. The monoisotopic (exact) mass is 275 g/mol. The number of aliphatic hydroxyl groups excluding tert-OH is 1. The molecule has 0 amide bonds. The van der Waals surface area contributed by atoms with E-state index in [4.69, 9.17) is 4.74 Å². The van der Waals surface area contributed by atoms with Gasteiger partial charge >= 0.3 is 0 Å². The highest BCUT2D eigenvalue weighted by atomic mass is 19.1. The largest absolute Gasteiger partial charge is 0.494 e. The molecule has 20 heavy (non-hydrogen) atoms. The van der Waals surface area contributed by atoms with Gasteiger partial charge in [-0.3, -0.25) is 4.98 Å². The van der Waals surface area contributed by atoms with E-state index in [0.717, 1.165) is 5.69 Å². The number of pyridine rings is 1. The van der Waals surface area contributed by atoms with Crippen molar-refractivity contribution in [1.82, 2.24) is 4.98 Å². The van der Waals surface area contributed by atoms with Gasteiger partial charge in [-0.15, -0.1) is 0 Å². The lowest BCUT2D eigenvalue weighted by atomic mass is 10.0. The van der Waals surface area contributed by atoms with Crippen LogP contribution in [0.25, 0.3) is 0 Å². The minimum atomic E-state index is -0.599. The summed E-state index contributed by atoms with van der Waals surface area (Å²) in [5.41, 5.74) is 1.40. The second kappa shape index (κ2) is 7.01. The summed E-state index contributed by atoms with van der Waals surface area (Å²) in [5.74, 6) is -0.189. The lowest BCUT2D eigenvalue weighted by Gasteiger charge is -2.12. The van der Waals surface area contributed by atoms with Gasteiger partial charge in [-0.05, 0) is 36.6 Å². The fraction of sp³-hybridized carbons (Fsp3) is 0.312. The van der Waals surface area contributed by atoms with Crippen LogP contribution in [0.1, 0.15) is 17.7 Å². The SMILES string of the molecule is COc1cccc(CC(O)CCc2ccccn2)c1F. The molecule has 3 nitrogen and oxygen atoms in total. The molecular formula is C16H18FNO2. The Balaban J connectivity index is 1.93. The van der Waals surface area contributed by atoms with E-state index < -0.39 is 11.9 Å². The average molecular weight is 275 g/mol. The van der Waals surface area contributed by atoms with Crippen LogP contribution in [0.15, 0.2) is 42.6 Å². The zero-order valence-electron chi connectivity index (χ0n) is 11.4. The number of methoxy groups -OCH3 is 1. The Morgan fingerprint density at radius 3 is 2.80 bits per heavy atom. The first-order chi connectivity index (χ1) is 9.70. The molecule has 106 valence electrons. The number of ether oxygens (including phenoxy) is 1. The first-order valence-corrected chi connectivity index (χ1v) is 6.60. The molecule has 0 fully saturated rings. The van der Waals surface area contributed by atoms with Gasteiger partial charge in [0.15, 0.2) is 11.6 Å². The summed E-state index contributed by atoms with van der Waals surface area (Å²) in [4.78, 5) is 4.20. The average Bonchev–Trinajstić information content (AvgIpc) is 2.48. The number of rotatable bonds is 6. The molecule has 0 saturated carbocycles. The van der Waals surface area contributed by atoms with Crippen molar-refractivity contribution in [3.8, 4) is 5.75 Å². The maximum absolute atomic E-state index is 13.9. The molecule has 0 bridgehead atoms. The van der Waals surface area contributed by atoms with Crippen LogP contribution in [0, 0.1) is 5.82 Å². The third-order valence-corrected chi connectivity index (χ3v) is 3.18. The summed E-state index contributed by atoms with van der Waals surface area (Å²) in [6.07, 6.45) is 2.62. The van der Waals surface area contributed by atoms with E-state index in [2.05, 4.69) is 4.98 Å². The molecule has 4 heteroatoms. The van der Waals surface area contributed by atoms with Gasteiger partial charge in [-0.25, -0.2) is 4.39 Å². The van der Waals surface area contributed by atoms with E-state index >= 15 is 0 Å². The molecule has 1 aromatic carbocycles. The van der Waals surface area contributed by atoms with E-state index in [1.54, 1.807) is 24.4 Å². The van der Waals surface area contributed by atoms with Gasteiger partial charge in [0.25, 0.3) is 0 Å². The lowest BCUT2D eigenvalue weighted by molar-refractivity contribution is 0.163. The summed E-state index contributed by atoms with van der Waals surface area (Å²) in [7, 11) is 1.43. The number of hydrogen-bond acceptors (Lipinski definition) is 3. The van der Waals surface area contributed by atoms with E-state index in [-0.39, 0.29) is 12.2 Å². The van der Waals surface area contributed by atoms with Crippen molar-refractivity contribution < 1.29 is 14.2 Å². The Morgan fingerprint density at radius 1 is 1.25 bits per heavy atom. The number of aliphatic hydroxyl groups is 1. The Labute approximate surface area is 118 Å². The number of hydrogen-bond donors (Lipinski definition) is 1. The number of aromatic nitrogens is 1. The third kappa shape index (κ3) is 3.78. The molecule has 1 heterocycles. The van der Waals surface area contributed by atoms with Crippen molar-refractivity contribution >= 4 is 0 Å². The molecule has 0 aliphatic carbocycles. The van der Waals surface area contributed by atoms with Crippen molar-refractivity contribution in [2.24, 2.45) is 0 Å². The Kier molecular flexibility index (Phi) is 5.07. The Bertz CT molecular complexity index is 545. The van der Waals surface area contributed by atoms with E-state index in [1.807, 2.05) is 18.2 Å². The molecule has 0 spiro atoms. The Morgan fingerprint density at radius 2 is 2.10 bits per heavy atom. The van der Waals surface area contributed by atoms with Crippen molar-refractivity contribution in [3.05, 3.63) is 59.7 Å². The van der Waals surface area contributed by atoms with Crippen LogP contribution < -0.4 is 4.74 Å². The number of halogens is 1. The molecule has 2 aromatic rings. The van der Waals surface area contributed by atoms with Gasteiger partial charge in [0.2, 0.25) is 0 Å². The molecule has 1 aromatic heterocycles. The predicted octanol–water partition coefficient (Wildman–Crippen LogP) is 2.77. The summed E-state index contributed by atoms with van der Waals surface area (Å²) < 4.78 is 18.9. The van der Waals surface area contributed by atoms with Crippen LogP contribution in [-0.4, -0.2) is 23.3 Å². The zero-order chi connectivity index (χ0) is 14.4. The number of aryl methyl sites for hydroxylation is 1. The van der Waals surface area contributed by atoms with Crippen molar-refractivity contribution in [2.45, 2.75) is 25.4 Å². The summed E-state index contributed by atoms with van der Waals surface area (Å²) in [6.45, 7) is 0. The molecule has 1 N–H and O–H groups in total. The van der Waals surface area contributed by atoms with Crippen molar-refractivity contribution in [3.63, 3.8) is 0 Å². The first-order valence-electron chi connectivity index (χ1n) is 6.60. The minimum Gasteiger partial charge on any atom is -0.494 e. The second-order valence-electron chi connectivity index (χ2n) is 4.65. The van der Waals surface area contributed by atoms with Gasteiger partial charge < -0.3 is 9.84 Å². The molecule has 0 aliphatic rings. The molecule has 2 rings (SSSR count). The van der Waals surface area contributed by atoms with Crippen LogP contribution in [0.2, 0.25) is 0 Å². The predicted molar refractivity (Wildman–Crippen MR) is 75.2 cm³/mol. The topological polar surface area (TPSA) is 42.4 Å². The maximum Gasteiger partial charge on any atom is 0.168 e. The van der Waals surface area contributed by atoms with E-state index in [1.165, 1.54) is 7.11 Å². The van der Waals surface area contributed by atoms with E-state index in [9.17, 15) is 9.50 Å². The number of nitrogens with zero attached hydrogens (tertiary/aromatic N) is 1. The smallest absolute Gasteiger partial charge is 0.168 e. The van der Waals surface area contributed by atoms with Crippen molar-refractivity contribution in [1.29, 1.82) is 0 Å². The normalized spacial score (nSPS) is 12.2. The number of benzene rings is 1. The maximum atomic E-state index is 13.9. The van der Waals surface area contributed by atoms with Crippen molar-refractivity contribution in [2.75, 3.05) is 7.11 Å².